The van der Waals surface area contributed by atoms with E-state index in [9.17, 15) is 22.8 Å². The van der Waals surface area contributed by atoms with Crippen LogP contribution in [0.5, 0.6) is 5.75 Å². The first-order valence-corrected chi connectivity index (χ1v) is 5.34. The first kappa shape index (κ1) is 15.6. The average molecular weight is 292 g/mol. The van der Waals surface area contributed by atoms with Gasteiger partial charge in [0.2, 0.25) is 0 Å². The Bertz CT molecular complexity index is 474. The van der Waals surface area contributed by atoms with Crippen LogP contribution >= 0.6 is 0 Å². The lowest BCUT2D eigenvalue weighted by atomic mass is 10.2. The summed E-state index contributed by atoms with van der Waals surface area (Å²) in [7, 11) is 0. The first-order valence-electron chi connectivity index (χ1n) is 5.34. The molecule has 2 amide bonds. The van der Waals surface area contributed by atoms with E-state index in [1.54, 1.807) is 0 Å². The van der Waals surface area contributed by atoms with Crippen molar-refractivity contribution >= 4 is 12.0 Å². The number of hydrogen-bond donors (Lipinski definition) is 3. The normalized spacial score (nSPS) is 10.8. The van der Waals surface area contributed by atoms with Gasteiger partial charge in [-0.3, -0.25) is 4.79 Å². The molecule has 0 atom stereocenters. The second-order valence-corrected chi connectivity index (χ2v) is 3.62. The molecule has 0 aliphatic heterocycles. The van der Waals surface area contributed by atoms with Crippen molar-refractivity contribution in [3.8, 4) is 5.75 Å². The number of carboxylic acid groups (broad SMARTS) is 1. The van der Waals surface area contributed by atoms with Crippen molar-refractivity contribution in [2.75, 3.05) is 6.54 Å². The standard InChI is InChI=1S/C11H11F3N2O4/c12-11(13,14)20-8-3-1-7(2-4-8)5-15-10(19)16-6-9(17)18/h1-4H,5-6H2,(H,17,18)(H2,15,16,19). The second kappa shape index (κ2) is 6.64. The molecule has 6 nitrogen and oxygen atoms in total. The maximum atomic E-state index is 11.9. The van der Waals surface area contributed by atoms with E-state index in [2.05, 4.69) is 15.4 Å². The minimum absolute atomic E-state index is 0.0394. The molecule has 0 saturated carbocycles. The van der Waals surface area contributed by atoms with E-state index in [0.717, 1.165) is 12.1 Å². The molecule has 0 aliphatic rings. The number of carboxylic acids is 1. The molecular weight excluding hydrogens is 281 g/mol. The van der Waals surface area contributed by atoms with Crippen molar-refractivity contribution in [1.82, 2.24) is 10.6 Å². The zero-order chi connectivity index (χ0) is 15.2. The molecule has 0 spiro atoms. The fourth-order valence-corrected chi connectivity index (χ4v) is 1.21. The van der Waals surface area contributed by atoms with Crippen LogP contribution in [-0.2, 0) is 11.3 Å². The zero-order valence-corrected chi connectivity index (χ0v) is 10.0. The Hall–Kier alpha value is -2.45. The summed E-state index contributed by atoms with van der Waals surface area (Å²) in [6.45, 7) is -0.484. The van der Waals surface area contributed by atoms with E-state index in [-0.39, 0.29) is 12.3 Å². The summed E-state index contributed by atoms with van der Waals surface area (Å²) in [5.74, 6) is -1.55. The number of hydrogen-bond acceptors (Lipinski definition) is 3. The molecule has 9 heteroatoms. The van der Waals surface area contributed by atoms with Crippen LogP contribution in [0, 0.1) is 0 Å². The molecule has 0 unspecified atom stereocenters. The van der Waals surface area contributed by atoms with E-state index in [1.165, 1.54) is 12.1 Å². The Kier molecular flexibility index (Phi) is 5.18. The molecule has 0 saturated heterocycles. The lowest BCUT2D eigenvalue weighted by molar-refractivity contribution is -0.274. The van der Waals surface area contributed by atoms with Gasteiger partial charge in [0.05, 0.1) is 0 Å². The molecule has 0 radical (unpaired) electrons. The fraction of sp³-hybridized carbons (Fsp3) is 0.273. The highest BCUT2D eigenvalue weighted by Crippen LogP contribution is 2.22. The number of nitrogens with one attached hydrogen (secondary N) is 2. The predicted octanol–water partition coefficient (Wildman–Crippen LogP) is 1.47. The largest absolute Gasteiger partial charge is 0.573 e. The number of amides is 2. The van der Waals surface area contributed by atoms with Crippen LogP contribution in [0.3, 0.4) is 0 Å². The topological polar surface area (TPSA) is 87.7 Å². The molecule has 3 N–H and O–H groups in total. The zero-order valence-electron chi connectivity index (χ0n) is 10.0. The van der Waals surface area contributed by atoms with E-state index in [4.69, 9.17) is 5.11 Å². The van der Waals surface area contributed by atoms with Crippen molar-refractivity contribution in [3.63, 3.8) is 0 Å². The average Bonchev–Trinajstić information content (AvgIpc) is 2.33. The molecule has 1 aromatic carbocycles. The molecular formula is C11H11F3N2O4. The monoisotopic (exact) mass is 292 g/mol. The molecule has 0 aliphatic carbocycles. The summed E-state index contributed by atoms with van der Waals surface area (Å²) in [5, 5.41) is 12.7. The third kappa shape index (κ3) is 6.47. The number of alkyl halides is 3. The Labute approximate surface area is 111 Å². The second-order valence-electron chi connectivity index (χ2n) is 3.62. The number of halogens is 3. The molecule has 1 aromatic rings. The predicted molar refractivity (Wildman–Crippen MR) is 61.0 cm³/mol. The summed E-state index contributed by atoms with van der Waals surface area (Å²) in [4.78, 5) is 21.3. The molecule has 0 fully saturated rings. The number of carbonyl (C=O) groups excluding carboxylic acids is 1. The SMILES string of the molecule is O=C(O)CNC(=O)NCc1ccc(OC(F)(F)F)cc1. The summed E-state index contributed by atoms with van der Waals surface area (Å²) >= 11 is 0. The van der Waals surface area contributed by atoms with Crippen molar-refractivity contribution in [2.45, 2.75) is 12.9 Å². The van der Waals surface area contributed by atoms with Gasteiger partial charge in [0.25, 0.3) is 0 Å². The van der Waals surface area contributed by atoms with Crippen LogP contribution in [0.4, 0.5) is 18.0 Å². The molecule has 0 aromatic heterocycles. The summed E-state index contributed by atoms with van der Waals surface area (Å²) in [5.41, 5.74) is 0.532. The molecule has 1 rings (SSSR count). The highest BCUT2D eigenvalue weighted by Gasteiger charge is 2.30. The van der Waals surface area contributed by atoms with Crippen LogP contribution in [0.1, 0.15) is 5.56 Å². The molecule has 0 heterocycles. The third-order valence-corrected chi connectivity index (χ3v) is 2.01. The van der Waals surface area contributed by atoms with Gasteiger partial charge in [-0.05, 0) is 17.7 Å². The van der Waals surface area contributed by atoms with Gasteiger partial charge in [-0.25, -0.2) is 4.79 Å². The van der Waals surface area contributed by atoms with Gasteiger partial charge in [-0.15, -0.1) is 13.2 Å². The minimum Gasteiger partial charge on any atom is -0.480 e. The van der Waals surface area contributed by atoms with Crippen molar-refractivity contribution < 1.29 is 32.6 Å². The van der Waals surface area contributed by atoms with Crippen LogP contribution in [-0.4, -0.2) is 30.0 Å². The Morgan fingerprint density at radius 3 is 2.25 bits per heavy atom. The number of ether oxygens (including phenoxy) is 1. The first-order chi connectivity index (χ1) is 9.26. The molecule has 110 valence electrons. The summed E-state index contributed by atoms with van der Waals surface area (Å²) in [6.07, 6.45) is -4.75. The lowest BCUT2D eigenvalue weighted by Gasteiger charge is -2.10. The van der Waals surface area contributed by atoms with Gasteiger partial charge >= 0.3 is 18.4 Å². The Morgan fingerprint density at radius 1 is 1.15 bits per heavy atom. The van der Waals surface area contributed by atoms with Crippen molar-refractivity contribution in [3.05, 3.63) is 29.8 Å². The number of benzene rings is 1. The van der Waals surface area contributed by atoms with Gasteiger partial charge < -0.3 is 20.5 Å². The Balaban J connectivity index is 2.42. The van der Waals surface area contributed by atoms with Gasteiger partial charge in [0, 0.05) is 6.54 Å². The molecule has 20 heavy (non-hydrogen) atoms. The van der Waals surface area contributed by atoms with Crippen LogP contribution in [0.25, 0.3) is 0 Å². The van der Waals surface area contributed by atoms with E-state index < -0.39 is 24.9 Å². The van der Waals surface area contributed by atoms with E-state index in [1.807, 2.05) is 0 Å². The van der Waals surface area contributed by atoms with Crippen LogP contribution < -0.4 is 15.4 Å². The fourth-order valence-electron chi connectivity index (χ4n) is 1.21. The third-order valence-electron chi connectivity index (χ3n) is 2.01. The van der Waals surface area contributed by atoms with Gasteiger partial charge in [-0.2, -0.15) is 0 Å². The van der Waals surface area contributed by atoms with E-state index in [0.29, 0.717) is 5.56 Å². The quantitative estimate of drug-likeness (QED) is 0.767. The number of rotatable bonds is 5. The van der Waals surface area contributed by atoms with Gasteiger partial charge in [0.1, 0.15) is 12.3 Å². The minimum atomic E-state index is -4.75. The van der Waals surface area contributed by atoms with Crippen molar-refractivity contribution in [2.24, 2.45) is 0 Å². The van der Waals surface area contributed by atoms with Crippen molar-refractivity contribution in [1.29, 1.82) is 0 Å². The van der Waals surface area contributed by atoms with Gasteiger partial charge in [0.15, 0.2) is 0 Å². The number of urea groups is 1. The lowest BCUT2D eigenvalue weighted by Crippen LogP contribution is -2.37. The van der Waals surface area contributed by atoms with Crippen LogP contribution in [0.15, 0.2) is 24.3 Å². The smallest absolute Gasteiger partial charge is 0.480 e. The maximum Gasteiger partial charge on any atom is 0.573 e. The highest BCUT2D eigenvalue weighted by atomic mass is 19.4. The van der Waals surface area contributed by atoms with Crippen LogP contribution in [0.2, 0.25) is 0 Å². The highest BCUT2D eigenvalue weighted by molar-refractivity contribution is 5.79. The summed E-state index contributed by atoms with van der Waals surface area (Å²) < 4.78 is 39.4. The molecule has 0 bridgehead atoms. The number of aliphatic carboxylic acids is 1. The summed E-state index contributed by atoms with van der Waals surface area (Å²) in [6, 6.07) is 4.22. The van der Waals surface area contributed by atoms with Gasteiger partial charge in [-0.1, -0.05) is 12.1 Å². The number of carbonyl (C=O) groups is 2. The Morgan fingerprint density at radius 2 is 1.75 bits per heavy atom. The maximum absolute atomic E-state index is 11.9. The van der Waals surface area contributed by atoms with E-state index >= 15 is 0 Å².